The van der Waals surface area contributed by atoms with Gasteiger partial charge in [0.05, 0.1) is 12.1 Å². The molecule has 2 aromatic carbocycles. The summed E-state index contributed by atoms with van der Waals surface area (Å²) in [5.74, 6) is 0.219. The highest BCUT2D eigenvalue weighted by Crippen LogP contribution is 2.46. The summed E-state index contributed by atoms with van der Waals surface area (Å²) in [6, 6.07) is 24.3. The van der Waals surface area contributed by atoms with Crippen molar-refractivity contribution in [2.75, 3.05) is 0 Å². The predicted molar refractivity (Wildman–Crippen MR) is 93.6 cm³/mol. The third kappa shape index (κ3) is 2.85. The zero-order valence-electron chi connectivity index (χ0n) is 12.6. The molecule has 2 nitrogen and oxygen atoms in total. The summed E-state index contributed by atoms with van der Waals surface area (Å²) in [5, 5.41) is 2.09. The molecule has 4 rings (SSSR count). The third-order valence-electron chi connectivity index (χ3n) is 4.31. The minimum Gasteiger partial charge on any atom is -0.292 e. The van der Waals surface area contributed by atoms with Gasteiger partial charge in [-0.25, -0.2) is 0 Å². The van der Waals surface area contributed by atoms with Crippen LogP contribution in [0.3, 0.4) is 0 Å². The van der Waals surface area contributed by atoms with Crippen molar-refractivity contribution in [1.29, 1.82) is 0 Å². The summed E-state index contributed by atoms with van der Waals surface area (Å²) in [4.78, 5) is 16.5. The van der Waals surface area contributed by atoms with Crippen LogP contribution in [0.4, 0.5) is 0 Å². The lowest BCUT2D eigenvalue weighted by molar-refractivity contribution is 0.0973. The molecule has 1 aliphatic rings. The van der Waals surface area contributed by atoms with Crippen LogP contribution in [0.25, 0.3) is 0 Å². The molecule has 0 bridgehead atoms. The van der Waals surface area contributed by atoms with Crippen molar-refractivity contribution in [3.8, 4) is 0 Å². The molecule has 3 atom stereocenters. The Kier molecular flexibility index (Phi) is 3.82. The van der Waals surface area contributed by atoms with Gasteiger partial charge in [0.25, 0.3) is 0 Å². The van der Waals surface area contributed by atoms with Gasteiger partial charge in [-0.2, -0.15) is 0 Å². The largest absolute Gasteiger partial charge is 0.292 e. The van der Waals surface area contributed by atoms with Crippen LogP contribution in [-0.4, -0.2) is 16.7 Å². The summed E-state index contributed by atoms with van der Waals surface area (Å²) in [6.45, 7) is 0.834. The summed E-state index contributed by atoms with van der Waals surface area (Å²) in [7, 11) is 0. The Morgan fingerprint density at radius 3 is 2.26 bits per heavy atom. The van der Waals surface area contributed by atoms with Crippen LogP contribution < -0.4 is 0 Å². The molecule has 3 heteroatoms. The maximum Gasteiger partial charge on any atom is 0.181 e. The smallest absolute Gasteiger partial charge is 0.181 e. The molecule has 3 unspecified atom stereocenters. The van der Waals surface area contributed by atoms with E-state index in [-0.39, 0.29) is 17.9 Å². The summed E-state index contributed by atoms with van der Waals surface area (Å²) < 4.78 is 0. The van der Waals surface area contributed by atoms with Gasteiger partial charge in [-0.05, 0) is 17.0 Å². The molecule has 23 heavy (non-hydrogen) atoms. The maximum atomic E-state index is 12.9. The second-order valence-electron chi connectivity index (χ2n) is 5.78. The second-order valence-corrected chi connectivity index (χ2v) is 6.81. The Labute approximate surface area is 140 Å². The highest BCUT2D eigenvalue weighted by atomic mass is 32.1. The Balaban J connectivity index is 1.61. The SMILES string of the molecule is O=C(c1ccccc1)C1C(c2ccccc2)N1Cc1cccs1. The van der Waals surface area contributed by atoms with Gasteiger partial charge in [0.2, 0.25) is 0 Å². The van der Waals surface area contributed by atoms with Gasteiger partial charge >= 0.3 is 0 Å². The van der Waals surface area contributed by atoms with E-state index in [0.717, 1.165) is 12.1 Å². The molecular formula is C20H17NOS. The summed E-state index contributed by atoms with van der Waals surface area (Å²) in [5.41, 5.74) is 2.02. The first-order chi connectivity index (χ1) is 11.3. The molecule has 0 aliphatic carbocycles. The number of benzene rings is 2. The van der Waals surface area contributed by atoms with E-state index in [1.165, 1.54) is 10.4 Å². The molecule has 114 valence electrons. The van der Waals surface area contributed by atoms with E-state index in [4.69, 9.17) is 0 Å². The van der Waals surface area contributed by atoms with Gasteiger partial charge in [0.1, 0.15) is 0 Å². The van der Waals surface area contributed by atoms with Crippen LogP contribution in [0.5, 0.6) is 0 Å². The van der Waals surface area contributed by atoms with Crippen molar-refractivity contribution in [3.05, 3.63) is 94.2 Å². The average Bonchev–Trinajstić information content (AvgIpc) is 3.06. The third-order valence-corrected chi connectivity index (χ3v) is 5.17. The van der Waals surface area contributed by atoms with Crippen LogP contribution in [0.2, 0.25) is 0 Å². The van der Waals surface area contributed by atoms with Gasteiger partial charge in [-0.1, -0.05) is 66.7 Å². The lowest BCUT2D eigenvalue weighted by Gasteiger charge is -2.02. The topological polar surface area (TPSA) is 20.1 Å². The molecule has 0 amide bonds. The molecule has 2 heterocycles. The number of hydrogen-bond donors (Lipinski definition) is 0. The number of rotatable bonds is 5. The first kappa shape index (κ1) is 14.4. The van der Waals surface area contributed by atoms with Crippen LogP contribution >= 0.6 is 11.3 Å². The number of thiophene rings is 1. The van der Waals surface area contributed by atoms with E-state index in [2.05, 4.69) is 34.5 Å². The van der Waals surface area contributed by atoms with Crippen molar-refractivity contribution in [3.63, 3.8) is 0 Å². The van der Waals surface area contributed by atoms with Gasteiger partial charge in [0.15, 0.2) is 5.78 Å². The molecule has 0 radical (unpaired) electrons. The molecular weight excluding hydrogens is 302 g/mol. The van der Waals surface area contributed by atoms with Crippen molar-refractivity contribution in [1.82, 2.24) is 4.90 Å². The Hall–Kier alpha value is -2.23. The van der Waals surface area contributed by atoms with Gasteiger partial charge in [-0.3, -0.25) is 9.69 Å². The van der Waals surface area contributed by atoms with Crippen molar-refractivity contribution in [2.24, 2.45) is 0 Å². The number of carbonyl (C=O) groups is 1. The number of carbonyl (C=O) groups excluding carboxylic acids is 1. The van der Waals surface area contributed by atoms with Crippen molar-refractivity contribution < 1.29 is 4.79 Å². The first-order valence-corrected chi connectivity index (χ1v) is 8.65. The van der Waals surface area contributed by atoms with Crippen molar-refractivity contribution >= 4 is 17.1 Å². The molecule has 0 N–H and O–H groups in total. The van der Waals surface area contributed by atoms with Gasteiger partial charge in [-0.15, -0.1) is 11.3 Å². The van der Waals surface area contributed by atoms with E-state index in [1.807, 2.05) is 48.5 Å². The Morgan fingerprint density at radius 2 is 1.61 bits per heavy atom. The zero-order valence-corrected chi connectivity index (χ0v) is 13.4. The van der Waals surface area contributed by atoms with Crippen LogP contribution in [0.1, 0.15) is 26.8 Å². The monoisotopic (exact) mass is 319 g/mol. The second kappa shape index (κ2) is 6.11. The fourth-order valence-corrected chi connectivity index (χ4v) is 3.86. The molecule has 0 saturated carbocycles. The fourth-order valence-electron chi connectivity index (χ4n) is 3.15. The van der Waals surface area contributed by atoms with E-state index in [0.29, 0.717) is 0 Å². The van der Waals surface area contributed by atoms with Crippen LogP contribution in [-0.2, 0) is 6.54 Å². The molecule has 0 spiro atoms. The predicted octanol–water partition coefficient (Wildman–Crippen LogP) is 4.56. The number of hydrogen-bond acceptors (Lipinski definition) is 3. The first-order valence-electron chi connectivity index (χ1n) is 7.77. The highest BCUT2D eigenvalue weighted by Gasteiger charge is 2.52. The van der Waals surface area contributed by atoms with Crippen LogP contribution in [0.15, 0.2) is 78.2 Å². The Bertz CT molecular complexity index is 783. The van der Waals surface area contributed by atoms with Gasteiger partial charge in [0, 0.05) is 17.0 Å². The number of ketones is 1. The highest BCUT2D eigenvalue weighted by molar-refractivity contribution is 7.09. The average molecular weight is 319 g/mol. The zero-order chi connectivity index (χ0) is 15.6. The lowest BCUT2D eigenvalue weighted by Crippen LogP contribution is -2.12. The lowest BCUT2D eigenvalue weighted by atomic mass is 10.0. The van der Waals surface area contributed by atoms with Gasteiger partial charge < -0.3 is 0 Å². The molecule has 1 aromatic heterocycles. The van der Waals surface area contributed by atoms with Crippen molar-refractivity contribution in [2.45, 2.75) is 18.6 Å². The standard InChI is InChI=1S/C20H17NOS/c22-20(16-10-5-2-6-11-16)19-18(15-8-3-1-4-9-15)21(19)14-17-12-7-13-23-17/h1-13,18-19H,14H2. The normalized spacial score (nSPS) is 22.7. The summed E-state index contributed by atoms with van der Waals surface area (Å²) >= 11 is 1.75. The maximum absolute atomic E-state index is 12.9. The molecule has 1 fully saturated rings. The summed E-state index contributed by atoms with van der Waals surface area (Å²) in [6.07, 6.45) is 0. The van der Waals surface area contributed by atoms with E-state index >= 15 is 0 Å². The minimum absolute atomic E-state index is 0.0538. The number of Topliss-reactive ketones (excluding diaryl/α,β-unsaturated/α-hetero) is 1. The minimum atomic E-state index is -0.0538. The quantitative estimate of drug-likeness (QED) is 0.507. The van der Waals surface area contributed by atoms with Crippen LogP contribution in [0, 0.1) is 0 Å². The van der Waals surface area contributed by atoms with E-state index in [9.17, 15) is 4.79 Å². The van der Waals surface area contributed by atoms with E-state index < -0.39 is 0 Å². The Morgan fingerprint density at radius 1 is 0.913 bits per heavy atom. The fraction of sp³-hybridized carbons (Fsp3) is 0.150. The molecule has 3 aromatic rings. The molecule has 1 saturated heterocycles. The molecule has 1 aliphatic heterocycles. The van der Waals surface area contributed by atoms with E-state index in [1.54, 1.807) is 11.3 Å². The number of nitrogens with zero attached hydrogens (tertiary/aromatic N) is 1.